The molecule has 0 bridgehead atoms. The van der Waals surface area contributed by atoms with Crippen LogP contribution in [-0.4, -0.2) is 7.11 Å². The van der Waals surface area contributed by atoms with Crippen molar-refractivity contribution in [1.29, 1.82) is 0 Å². The highest BCUT2D eigenvalue weighted by molar-refractivity contribution is 7.99. The quantitative estimate of drug-likeness (QED) is 0.778. The minimum atomic E-state index is 0.908. The Balaban J connectivity index is 2.17. The van der Waals surface area contributed by atoms with Gasteiger partial charge in [0.25, 0.3) is 0 Å². The summed E-state index contributed by atoms with van der Waals surface area (Å²) in [5.41, 5.74) is 0. The number of hydrogen-bond acceptors (Lipinski definition) is 3. The van der Waals surface area contributed by atoms with E-state index in [0.29, 0.717) is 0 Å². The fourth-order valence-corrected chi connectivity index (χ4v) is 2.80. The Bertz CT molecular complexity index is 395. The molecule has 0 unspecified atom stereocenters. The van der Waals surface area contributed by atoms with Gasteiger partial charge in [0.1, 0.15) is 5.75 Å². The van der Waals surface area contributed by atoms with Crippen molar-refractivity contribution in [3.63, 3.8) is 0 Å². The van der Waals surface area contributed by atoms with Gasteiger partial charge in [-0.1, -0.05) is 17.8 Å². The standard InChI is InChI=1S/C11H10OS2/c1-12-9-3-2-4-10(7-9)14-11-5-6-13-8-11/h2-8H,1H3. The maximum absolute atomic E-state index is 5.16. The molecule has 2 aromatic rings. The van der Waals surface area contributed by atoms with E-state index in [2.05, 4.69) is 22.9 Å². The van der Waals surface area contributed by atoms with Crippen LogP contribution in [0, 0.1) is 0 Å². The number of ether oxygens (including phenoxy) is 1. The Kier molecular flexibility index (Phi) is 3.11. The molecule has 0 saturated carbocycles. The van der Waals surface area contributed by atoms with Crippen LogP contribution >= 0.6 is 23.1 Å². The average molecular weight is 222 g/mol. The van der Waals surface area contributed by atoms with E-state index in [1.54, 1.807) is 30.2 Å². The molecule has 14 heavy (non-hydrogen) atoms. The van der Waals surface area contributed by atoms with Gasteiger partial charge in [0.2, 0.25) is 0 Å². The monoisotopic (exact) mass is 222 g/mol. The van der Waals surface area contributed by atoms with E-state index in [0.717, 1.165) is 5.75 Å². The first-order valence-corrected chi connectivity index (χ1v) is 5.98. The second-order valence-corrected chi connectivity index (χ2v) is 4.67. The summed E-state index contributed by atoms with van der Waals surface area (Å²) < 4.78 is 5.16. The lowest BCUT2D eigenvalue weighted by Crippen LogP contribution is -1.81. The lowest BCUT2D eigenvalue weighted by atomic mass is 10.3. The second kappa shape index (κ2) is 4.53. The normalized spacial score (nSPS) is 10.1. The van der Waals surface area contributed by atoms with Crippen LogP contribution in [0.2, 0.25) is 0 Å². The van der Waals surface area contributed by atoms with Crippen molar-refractivity contribution < 1.29 is 4.74 Å². The Morgan fingerprint density at radius 2 is 2.14 bits per heavy atom. The molecule has 0 atom stereocenters. The molecule has 2 rings (SSSR count). The molecule has 0 radical (unpaired) electrons. The molecule has 0 amide bonds. The molecule has 0 spiro atoms. The molecule has 0 saturated heterocycles. The van der Waals surface area contributed by atoms with Gasteiger partial charge in [-0.2, -0.15) is 11.3 Å². The molecule has 0 aliphatic heterocycles. The zero-order valence-corrected chi connectivity index (χ0v) is 9.40. The van der Waals surface area contributed by atoms with Crippen LogP contribution < -0.4 is 4.74 Å². The van der Waals surface area contributed by atoms with E-state index in [9.17, 15) is 0 Å². The number of rotatable bonds is 3. The Hall–Kier alpha value is -0.930. The molecule has 1 heterocycles. The van der Waals surface area contributed by atoms with E-state index >= 15 is 0 Å². The first-order chi connectivity index (χ1) is 6.88. The molecule has 72 valence electrons. The predicted molar refractivity (Wildman–Crippen MR) is 61.4 cm³/mol. The maximum atomic E-state index is 5.16. The van der Waals surface area contributed by atoms with E-state index < -0.39 is 0 Å². The molecule has 1 aromatic carbocycles. The molecule has 3 heteroatoms. The minimum absolute atomic E-state index is 0.908. The largest absolute Gasteiger partial charge is 0.497 e. The second-order valence-electron chi connectivity index (χ2n) is 2.74. The van der Waals surface area contributed by atoms with Crippen molar-refractivity contribution in [3.05, 3.63) is 41.1 Å². The highest BCUT2D eigenvalue weighted by atomic mass is 32.2. The van der Waals surface area contributed by atoms with Crippen LogP contribution in [0.3, 0.4) is 0 Å². The first-order valence-electron chi connectivity index (χ1n) is 4.22. The summed E-state index contributed by atoms with van der Waals surface area (Å²) in [5.74, 6) is 0.908. The van der Waals surface area contributed by atoms with Gasteiger partial charge in [-0.25, -0.2) is 0 Å². The van der Waals surface area contributed by atoms with E-state index in [1.807, 2.05) is 18.2 Å². The summed E-state index contributed by atoms with van der Waals surface area (Å²) in [6, 6.07) is 10.2. The fourth-order valence-electron chi connectivity index (χ4n) is 1.11. The zero-order chi connectivity index (χ0) is 9.80. The number of thiophene rings is 1. The van der Waals surface area contributed by atoms with E-state index in [1.165, 1.54) is 9.79 Å². The van der Waals surface area contributed by atoms with Gasteiger partial charge in [0.15, 0.2) is 0 Å². The van der Waals surface area contributed by atoms with Gasteiger partial charge < -0.3 is 4.74 Å². The van der Waals surface area contributed by atoms with Crippen molar-refractivity contribution in [2.45, 2.75) is 9.79 Å². The van der Waals surface area contributed by atoms with Crippen LogP contribution in [0.4, 0.5) is 0 Å². The van der Waals surface area contributed by atoms with Crippen molar-refractivity contribution in [2.75, 3.05) is 7.11 Å². The first kappa shape index (κ1) is 9.62. The summed E-state index contributed by atoms with van der Waals surface area (Å²) in [6.45, 7) is 0. The topological polar surface area (TPSA) is 9.23 Å². The Morgan fingerprint density at radius 1 is 1.21 bits per heavy atom. The molecule has 0 aliphatic carbocycles. The van der Waals surface area contributed by atoms with Crippen molar-refractivity contribution in [2.24, 2.45) is 0 Å². The SMILES string of the molecule is COc1cccc(Sc2ccsc2)c1. The molecular weight excluding hydrogens is 212 g/mol. The third kappa shape index (κ3) is 2.30. The number of methoxy groups -OCH3 is 1. The molecule has 1 aromatic heterocycles. The van der Waals surface area contributed by atoms with E-state index in [-0.39, 0.29) is 0 Å². The summed E-state index contributed by atoms with van der Waals surface area (Å²) in [6.07, 6.45) is 0. The maximum Gasteiger partial charge on any atom is 0.119 e. The molecule has 0 N–H and O–H groups in total. The molecule has 0 fully saturated rings. The third-order valence-electron chi connectivity index (χ3n) is 1.77. The van der Waals surface area contributed by atoms with Gasteiger partial charge in [-0.15, -0.1) is 0 Å². The average Bonchev–Trinajstić information content (AvgIpc) is 2.71. The van der Waals surface area contributed by atoms with Gasteiger partial charge in [-0.05, 0) is 29.6 Å². The van der Waals surface area contributed by atoms with Gasteiger partial charge in [0, 0.05) is 15.2 Å². The summed E-state index contributed by atoms with van der Waals surface area (Å²) in [7, 11) is 1.69. The molecule has 0 aliphatic rings. The summed E-state index contributed by atoms with van der Waals surface area (Å²) >= 11 is 3.47. The Morgan fingerprint density at radius 3 is 2.86 bits per heavy atom. The van der Waals surface area contributed by atoms with Gasteiger partial charge in [0.05, 0.1) is 7.11 Å². The number of hydrogen-bond donors (Lipinski definition) is 0. The van der Waals surface area contributed by atoms with Crippen molar-refractivity contribution in [3.8, 4) is 5.75 Å². The van der Waals surface area contributed by atoms with Crippen LogP contribution in [0.25, 0.3) is 0 Å². The summed E-state index contributed by atoms with van der Waals surface area (Å²) in [5, 5.41) is 4.23. The molecular formula is C11H10OS2. The highest BCUT2D eigenvalue weighted by Crippen LogP contribution is 2.31. The Labute approximate surface area is 91.7 Å². The zero-order valence-electron chi connectivity index (χ0n) is 7.77. The van der Waals surface area contributed by atoms with E-state index in [4.69, 9.17) is 4.74 Å². The van der Waals surface area contributed by atoms with Crippen LogP contribution in [0.1, 0.15) is 0 Å². The number of benzene rings is 1. The van der Waals surface area contributed by atoms with Crippen LogP contribution in [0.15, 0.2) is 50.9 Å². The fraction of sp³-hybridized carbons (Fsp3) is 0.0909. The smallest absolute Gasteiger partial charge is 0.119 e. The van der Waals surface area contributed by atoms with Gasteiger partial charge in [-0.3, -0.25) is 0 Å². The van der Waals surface area contributed by atoms with Gasteiger partial charge >= 0.3 is 0 Å². The minimum Gasteiger partial charge on any atom is -0.497 e. The lowest BCUT2D eigenvalue weighted by Gasteiger charge is -2.02. The predicted octanol–water partition coefficient (Wildman–Crippen LogP) is 3.91. The summed E-state index contributed by atoms with van der Waals surface area (Å²) in [4.78, 5) is 2.49. The highest BCUT2D eigenvalue weighted by Gasteiger charge is 1.98. The van der Waals surface area contributed by atoms with Crippen molar-refractivity contribution in [1.82, 2.24) is 0 Å². The molecule has 1 nitrogen and oxygen atoms in total. The lowest BCUT2D eigenvalue weighted by molar-refractivity contribution is 0.413. The van der Waals surface area contributed by atoms with Crippen LogP contribution in [0.5, 0.6) is 5.75 Å². The van der Waals surface area contributed by atoms with Crippen LogP contribution in [-0.2, 0) is 0 Å². The third-order valence-corrected chi connectivity index (χ3v) is 3.58. The van der Waals surface area contributed by atoms with Crippen molar-refractivity contribution >= 4 is 23.1 Å².